The predicted molar refractivity (Wildman–Crippen MR) is 168 cm³/mol. The lowest BCUT2D eigenvalue weighted by atomic mass is 9.88. The van der Waals surface area contributed by atoms with Crippen molar-refractivity contribution in [2.24, 2.45) is 0 Å². The molecule has 2 atom stereocenters. The van der Waals surface area contributed by atoms with Crippen LogP contribution in [0.5, 0.6) is 34.5 Å². The molecular weight excluding hydrogens is 556 g/mol. The SMILES string of the molecule is COc1cc2c(cc1OC)[C@H](Cc1ccc(O)c(-c3cc(C[C@H]4[NH2+]CCc5cc(OC)c(OC)cc54)ccc3O)c1)[NH2+]CC2. The lowest BCUT2D eigenvalue weighted by Crippen LogP contribution is -2.87. The molecule has 0 saturated heterocycles. The van der Waals surface area contributed by atoms with Gasteiger partial charge in [0.25, 0.3) is 0 Å². The lowest BCUT2D eigenvalue weighted by molar-refractivity contribution is -0.699. The van der Waals surface area contributed by atoms with Crippen molar-refractivity contribution in [2.45, 2.75) is 37.8 Å². The van der Waals surface area contributed by atoms with Crippen LogP contribution in [-0.4, -0.2) is 51.7 Å². The number of rotatable bonds is 9. The number of hydrogen-bond donors (Lipinski definition) is 4. The van der Waals surface area contributed by atoms with E-state index in [-0.39, 0.29) is 23.6 Å². The predicted octanol–water partition coefficient (Wildman–Crippen LogP) is 3.61. The minimum Gasteiger partial charge on any atom is -0.507 e. The van der Waals surface area contributed by atoms with Crippen LogP contribution in [0.3, 0.4) is 0 Å². The van der Waals surface area contributed by atoms with E-state index in [1.54, 1.807) is 40.6 Å². The normalized spacial score (nSPS) is 17.4. The van der Waals surface area contributed by atoms with Gasteiger partial charge in [-0.3, -0.25) is 0 Å². The number of hydrogen-bond acceptors (Lipinski definition) is 6. The van der Waals surface area contributed by atoms with E-state index < -0.39 is 0 Å². The molecule has 8 nitrogen and oxygen atoms in total. The molecule has 4 aromatic rings. The van der Waals surface area contributed by atoms with Crippen LogP contribution in [0.25, 0.3) is 11.1 Å². The van der Waals surface area contributed by atoms with Crippen molar-refractivity contribution < 1.29 is 39.8 Å². The topological polar surface area (TPSA) is 111 Å². The Balaban J connectivity index is 1.28. The second kappa shape index (κ2) is 12.7. The van der Waals surface area contributed by atoms with Crippen molar-refractivity contribution in [1.82, 2.24) is 0 Å². The number of quaternary nitrogens is 2. The Morgan fingerprint density at radius 1 is 0.568 bits per heavy atom. The highest BCUT2D eigenvalue weighted by Crippen LogP contribution is 2.40. The largest absolute Gasteiger partial charge is 0.507 e. The van der Waals surface area contributed by atoms with Crippen LogP contribution >= 0.6 is 0 Å². The fourth-order valence-electron chi connectivity index (χ4n) is 6.88. The number of methoxy groups -OCH3 is 4. The van der Waals surface area contributed by atoms with Gasteiger partial charge in [0.1, 0.15) is 23.6 Å². The van der Waals surface area contributed by atoms with Gasteiger partial charge in [0, 0.05) is 47.9 Å². The minimum atomic E-state index is 0.145. The van der Waals surface area contributed by atoms with E-state index in [1.165, 1.54) is 22.3 Å². The van der Waals surface area contributed by atoms with Gasteiger partial charge < -0.3 is 39.8 Å². The molecule has 2 aliphatic rings. The molecule has 0 spiro atoms. The highest BCUT2D eigenvalue weighted by molar-refractivity contribution is 5.76. The maximum absolute atomic E-state index is 11.0. The summed E-state index contributed by atoms with van der Waals surface area (Å²) < 4.78 is 22.3. The lowest BCUT2D eigenvalue weighted by Gasteiger charge is -2.26. The van der Waals surface area contributed by atoms with Crippen LogP contribution in [0, 0.1) is 0 Å². The van der Waals surface area contributed by atoms with Crippen molar-refractivity contribution >= 4 is 0 Å². The van der Waals surface area contributed by atoms with Gasteiger partial charge in [-0.25, -0.2) is 0 Å². The molecule has 0 amide bonds. The van der Waals surface area contributed by atoms with Crippen molar-refractivity contribution in [1.29, 1.82) is 0 Å². The Hall–Kier alpha value is -4.40. The molecule has 8 heteroatoms. The van der Waals surface area contributed by atoms with E-state index in [9.17, 15) is 10.2 Å². The summed E-state index contributed by atoms with van der Waals surface area (Å²) in [7, 11) is 6.66. The summed E-state index contributed by atoms with van der Waals surface area (Å²) in [6, 6.07) is 20.2. The smallest absolute Gasteiger partial charge is 0.161 e. The Kier molecular flexibility index (Phi) is 8.55. The monoisotopic (exact) mass is 598 g/mol. The second-order valence-electron chi connectivity index (χ2n) is 11.7. The minimum absolute atomic E-state index is 0.145. The third-order valence-corrected chi connectivity index (χ3v) is 9.14. The van der Waals surface area contributed by atoms with Crippen LogP contribution in [0.15, 0.2) is 60.7 Å². The van der Waals surface area contributed by atoms with E-state index >= 15 is 0 Å². The van der Waals surface area contributed by atoms with E-state index in [0.717, 1.165) is 72.9 Å². The van der Waals surface area contributed by atoms with E-state index in [0.29, 0.717) is 11.1 Å². The van der Waals surface area contributed by atoms with Gasteiger partial charge in [-0.15, -0.1) is 0 Å². The Morgan fingerprint density at radius 2 is 0.955 bits per heavy atom. The first kappa shape index (κ1) is 29.7. The molecule has 2 aliphatic heterocycles. The van der Waals surface area contributed by atoms with Crippen molar-refractivity contribution in [3.8, 4) is 45.6 Å². The molecule has 230 valence electrons. The molecule has 0 saturated carbocycles. The molecule has 4 aromatic carbocycles. The quantitative estimate of drug-likeness (QED) is 0.234. The molecule has 0 unspecified atom stereocenters. The highest BCUT2D eigenvalue weighted by atomic mass is 16.5. The summed E-state index contributed by atoms with van der Waals surface area (Å²) in [5, 5.41) is 26.7. The maximum Gasteiger partial charge on any atom is 0.161 e. The molecule has 6 N–H and O–H groups in total. The van der Waals surface area contributed by atoms with Gasteiger partial charge in [0.15, 0.2) is 23.0 Å². The molecule has 0 fully saturated rings. The molecule has 0 radical (unpaired) electrons. The third-order valence-electron chi connectivity index (χ3n) is 9.14. The first-order chi connectivity index (χ1) is 21.4. The third kappa shape index (κ3) is 5.75. The zero-order valence-electron chi connectivity index (χ0n) is 25.9. The van der Waals surface area contributed by atoms with Crippen molar-refractivity contribution in [3.05, 3.63) is 94.0 Å². The fraction of sp³-hybridized carbons (Fsp3) is 0.333. The summed E-state index contributed by atoms with van der Waals surface area (Å²) in [5.74, 6) is 3.26. The molecule has 44 heavy (non-hydrogen) atoms. The number of benzene rings is 4. The Labute approximate surface area is 258 Å². The number of phenols is 2. The van der Waals surface area contributed by atoms with Crippen LogP contribution in [0.2, 0.25) is 0 Å². The molecule has 0 bridgehead atoms. The Morgan fingerprint density at radius 3 is 1.34 bits per heavy atom. The van der Waals surface area contributed by atoms with E-state index in [2.05, 4.69) is 34.9 Å². The van der Waals surface area contributed by atoms with Crippen molar-refractivity contribution in [2.75, 3.05) is 41.5 Å². The molecule has 6 rings (SSSR count). The van der Waals surface area contributed by atoms with Gasteiger partial charge in [-0.2, -0.15) is 0 Å². The zero-order valence-corrected chi connectivity index (χ0v) is 25.9. The number of phenolic OH excluding ortho intramolecular Hbond substituents is 2. The second-order valence-corrected chi connectivity index (χ2v) is 11.7. The van der Waals surface area contributed by atoms with Crippen LogP contribution in [0.4, 0.5) is 0 Å². The zero-order chi connectivity index (χ0) is 30.8. The number of fused-ring (bicyclic) bond motifs is 2. The Bertz CT molecular complexity index is 1550. The van der Waals surface area contributed by atoms with E-state index in [1.807, 2.05) is 24.3 Å². The van der Waals surface area contributed by atoms with Gasteiger partial charge in [-0.05, 0) is 70.8 Å². The molecule has 0 aromatic heterocycles. The standard InChI is InChI=1S/C36H40N2O6/c1-41-33-17-23-9-11-37-29(25(23)19-35(33)43-3)15-21-5-7-31(39)27(13-21)28-14-22(6-8-32(28)40)16-30-26-20-36(44-4)34(42-2)18-24(26)10-12-38-30/h5-8,13-14,17-20,29-30,37-40H,9-12,15-16H2,1-4H3/p+2/t29-,30+. The van der Waals surface area contributed by atoms with Crippen LogP contribution < -0.4 is 29.6 Å². The van der Waals surface area contributed by atoms with Crippen LogP contribution in [0.1, 0.15) is 45.5 Å². The average molecular weight is 599 g/mol. The summed E-state index contributed by atoms with van der Waals surface area (Å²) in [4.78, 5) is 0. The van der Waals surface area contributed by atoms with Gasteiger partial charge in [0.05, 0.1) is 41.5 Å². The highest BCUT2D eigenvalue weighted by Gasteiger charge is 2.28. The summed E-state index contributed by atoms with van der Waals surface area (Å²) in [6.45, 7) is 1.97. The van der Waals surface area contributed by atoms with Gasteiger partial charge in [0.2, 0.25) is 0 Å². The first-order valence-corrected chi connectivity index (χ1v) is 15.2. The number of aromatic hydroxyl groups is 2. The summed E-state index contributed by atoms with van der Waals surface area (Å²) >= 11 is 0. The first-order valence-electron chi connectivity index (χ1n) is 15.2. The van der Waals surface area contributed by atoms with Crippen LogP contribution in [-0.2, 0) is 25.7 Å². The summed E-state index contributed by atoms with van der Waals surface area (Å²) in [5.41, 5.74) is 8.46. The molecular formula is C36H42N2O6+2. The summed E-state index contributed by atoms with van der Waals surface area (Å²) in [6.07, 6.45) is 3.48. The molecule has 0 aliphatic carbocycles. The van der Waals surface area contributed by atoms with Crippen molar-refractivity contribution in [3.63, 3.8) is 0 Å². The fourth-order valence-corrected chi connectivity index (χ4v) is 6.88. The molecule has 2 heterocycles. The van der Waals surface area contributed by atoms with E-state index in [4.69, 9.17) is 18.9 Å². The van der Waals surface area contributed by atoms with Gasteiger partial charge in [-0.1, -0.05) is 12.1 Å². The number of ether oxygens (including phenoxy) is 4. The average Bonchev–Trinajstić information content (AvgIpc) is 3.05. The number of nitrogens with two attached hydrogens (primary N) is 2. The maximum atomic E-state index is 11.0. The van der Waals surface area contributed by atoms with Gasteiger partial charge >= 0.3 is 0 Å².